The molecular weight excluding hydrogens is 350 g/mol. The Hall–Kier alpha value is -2.66. The van der Waals surface area contributed by atoms with Crippen molar-refractivity contribution in [3.8, 4) is 0 Å². The van der Waals surface area contributed by atoms with Crippen LogP contribution in [-0.2, 0) is 16.0 Å². The van der Waals surface area contributed by atoms with Crippen LogP contribution in [0.3, 0.4) is 0 Å². The highest BCUT2D eigenvalue weighted by atomic mass is 16.2. The topological polar surface area (TPSA) is 61.4 Å². The maximum absolute atomic E-state index is 12.7. The van der Waals surface area contributed by atoms with Crippen molar-refractivity contribution in [2.45, 2.75) is 39.2 Å². The molecule has 1 atom stereocenters. The Morgan fingerprint density at radius 3 is 2.29 bits per heavy atom. The summed E-state index contributed by atoms with van der Waals surface area (Å²) in [5, 5.41) is 5.71. The minimum atomic E-state index is -0.179. The van der Waals surface area contributed by atoms with E-state index in [2.05, 4.69) is 45.9 Å². The van der Waals surface area contributed by atoms with Gasteiger partial charge in [0, 0.05) is 18.3 Å². The quantitative estimate of drug-likeness (QED) is 0.799. The molecule has 5 heteroatoms. The molecule has 0 aromatic heterocycles. The Kier molecular flexibility index (Phi) is 6.82. The molecule has 28 heavy (non-hydrogen) atoms. The number of carbonyl (C=O) groups excluding carboxylic acids is 2. The molecule has 0 radical (unpaired) electrons. The van der Waals surface area contributed by atoms with Crippen molar-refractivity contribution in [2.24, 2.45) is 5.92 Å². The van der Waals surface area contributed by atoms with Crippen molar-refractivity contribution < 1.29 is 9.59 Å². The van der Waals surface area contributed by atoms with E-state index in [1.807, 2.05) is 19.1 Å². The van der Waals surface area contributed by atoms with E-state index in [-0.39, 0.29) is 17.9 Å². The lowest BCUT2D eigenvalue weighted by Gasteiger charge is -2.35. The number of benzene rings is 2. The predicted octanol–water partition coefficient (Wildman–Crippen LogP) is 3.93. The van der Waals surface area contributed by atoms with E-state index < -0.39 is 0 Å². The third-order valence-electron chi connectivity index (χ3n) is 5.39. The van der Waals surface area contributed by atoms with E-state index in [9.17, 15) is 9.59 Å². The van der Waals surface area contributed by atoms with Gasteiger partial charge in [-0.25, -0.2) is 0 Å². The Balaban J connectivity index is 1.50. The lowest BCUT2D eigenvalue weighted by Crippen LogP contribution is -2.46. The second kappa shape index (κ2) is 9.51. The molecule has 2 amide bonds. The van der Waals surface area contributed by atoms with Crippen LogP contribution in [0.2, 0.25) is 0 Å². The summed E-state index contributed by atoms with van der Waals surface area (Å²) in [6, 6.07) is 17.7. The fraction of sp³-hybridized carbons (Fsp3) is 0.391. The maximum Gasteiger partial charge on any atom is 0.241 e. The van der Waals surface area contributed by atoms with Gasteiger partial charge in [0.05, 0.1) is 6.04 Å². The first-order chi connectivity index (χ1) is 13.5. The van der Waals surface area contributed by atoms with Gasteiger partial charge in [-0.1, -0.05) is 36.4 Å². The third kappa shape index (κ3) is 5.67. The number of amides is 2. The molecule has 5 nitrogen and oxygen atoms in total. The molecule has 0 bridgehead atoms. The van der Waals surface area contributed by atoms with Gasteiger partial charge in [-0.05, 0) is 69.0 Å². The number of hydrogen-bond donors (Lipinski definition) is 2. The molecule has 1 fully saturated rings. The van der Waals surface area contributed by atoms with Gasteiger partial charge >= 0.3 is 0 Å². The minimum absolute atomic E-state index is 0.0125. The van der Waals surface area contributed by atoms with E-state index in [0.29, 0.717) is 17.3 Å². The van der Waals surface area contributed by atoms with Gasteiger partial charge < -0.3 is 10.6 Å². The predicted molar refractivity (Wildman–Crippen MR) is 113 cm³/mol. The molecule has 1 saturated heterocycles. The number of nitrogens with zero attached hydrogens (tertiary/aromatic N) is 1. The number of rotatable bonds is 6. The first-order valence-corrected chi connectivity index (χ1v) is 9.98. The molecule has 0 spiro atoms. The Morgan fingerprint density at radius 2 is 1.64 bits per heavy atom. The second-order valence-electron chi connectivity index (χ2n) is 7.60. The van der Waals surface area contributed by atoms with Gasteiger partial charge in [0.1, 0.15) is 0 Å². The van der Waals surface area contributed by atoms with Crippen LogP contribution >= 0.6 is 0 Å². The molecule has 1 aliphatic heterocycles. The van der Waals surface area contributed by atoms with Crippen LogP contribution in [0.15, 0.2) is 54.6 Å². The van der Waals surface area contributed by atoms with Crippen molar-refractivity contribution in [3.05, 3.63) is 60.2 Å². The molecule has 2 aromatic carbocycles. The number of nitrogens with one attached hydrogen (secondary N) is 2. The van der Waals surface area contributed by atoms with E-state index >= 15 is 0 Å². The van der Waals surface area contributed by atoms with Crippen molar-refractivity contribution in [1.29, 1.82) is 0 Å². The summed E-state index contributed by atoms with van der Waals surface area (Å²) in [7, 11) is 0. The molecule has 0 aliphatic carbocycles. The number of anilines is 2. The monoisotopic (exact) mass is 379 g/mol. The standard InChI is InChI=1S/C23H29N3O2/c1-17(23(28)25-22-10-6-9-21(16-22)24-18(2)27)26-13-11-20(12-14-26)15-19-7-4-3-5-8-19/h3-10,16-17,20H,11-15H2,1-2H3,(H,24,27)(H,25,28). The van der Waals surface area contributed by atoms with Gasteiger partial charge in [-0.2, -0.15) is 0 Å². The van der Waals surface area contributed by atoms with E-state index in [0.717, 1.165) is 32.4 Å². The number of carbonyl (C=O) groups is 2. The summed E-state index contributed by atoms with van der Waals surface area (Å²) in [5.74, 6) is 0.542. The molecule has 3 rings (SSSR count). The molecule has 1 heterocycles. The SMILES string of the molecule is CC(=O)Nc1cccc(NC(=O)C(C)N2CCC(Cc3ccccc3)CC2)c1. The number of hydrogen-bond acceptors (Lipinski definition) is 3. The molecular formula is C23H29N3O2. The highest BCUT2D eigenvalue weighted by molar-refractivity contribution is 5.96. The van der Waals surface area contributed by atoms with E-state index in [4.69, 9.17) is 0 Å². The van der Waals surface area contributed by atoms with E-state index in [1.165, 1.54) is 12.5 Å². The van der Waals surface area contributed by atoms with Crippen LogP contribution in [0.25, 0.3) is 0 Å². The molecule has 1 aliphatic rings. The van der Waals surface area contributed by atoms with Gasteiger partial charge in [-0.3, -0.25) is 14.5 Å². The van der Waals surface area contributed by atoms with Gasteiger partial charge in [0.15, 0.2) is 0 Å². The zero-order valence-electron chi connectivity index (χ0n) is 16.7. The number of likely N-dealkylation sites (tertiary alicyclic amines) is 1. The summed E-state index contributed by atoms with van der Waals surface area (Å²) in [4.78, 5) is 26.1. The lowest BCUT2D eigenvalue weighted by atomic mass is 9.89. The summed E-state index contributed by atoms with van der Waals surface area (Å²) in [6.45, 7) is 5.31. The zero-order chi connectivity index (χ0) is 19.9. The average molecular weight is 380 g/mol. The van der Waals surface area contributed by atoms with E-state index in [1.54, 1.807) is 12.1 Å². The lowest BCUT2D eigenvalue weighted by molar-refractivity contribution is -0.121. The highest BCUT2D eigenvalue weighted by Crippen LogP contribution is 2.23. The van der Waals surface area contributed by atoms with Gasteiger partial charge in [0.25, 0.3) is 0 Å². The largest absolute Gasteiger partial charge is 0.326 e. The second-order valence-corrected chi connectivity index (χ2v) is 7.60. The molecule has 2 N–H and O–H groups in total. The van der Waals surface area contributed by atoms with Crippen LogP contribution in [0.1, 0.15) is 32.3 Å². The summed E-state index contributed by atoms with van der Waals surface area (Å²) in [5.41, 5.74) is 2.77. The Morgan fingerprint density at radius 1 is 1.00 bits per heavy atom. The van der Waals surface area contributed by atoms with Crippen molar-refractivity contribution >= 4 is 23.2 Å². The van der Waals surface area contributed by atoms with Crippen LogP contribution in [-0.4, -0.2) is 35.8 Å². The van der Waals surface area contributed by atoms with Crippen molar-refractivity contribution in [2.75, 3.05) is 23.7 Å². The van der Waals surface area contributed by atoms with Crippen LogP contribution in [0, 0.1) is 5.92 Å². The smallest absolute Gasteiger partial charge is 0.241 e. The average Bonchev–Trinajstić information content (AvgIpc) is 2.68. The molecule has 0 saturated carbocycles. The van der Waals surface area contributed by atoms with Crippen LogP contribution in [0.4, 0.5) is 11.4 Å². The first-order valence-electron chi connectivity index (χ1n) is 9.98. The normalized spacial score (nSPS) is 16.4. The van der Waals surface area contributed by atoms with Gasteiger partial charge in [-0.15, -0.1) is 0 Å². The van der Waals surface area contributed by atoms with Crippen molar-refractivity contribution in [1.82, 2.24) is 4.90 Å². The van der Waals surface area contributed by atoms with Crippen LogP contribution in [0.5, 0.6) is 0 Å². The summed E-state index contributed by atoms with van der Waals surface area (Å²) >= 11 is 0. The Bertz CT molecular complexity index is 799. The maximum atomic E-state index is 12.7. The number of piperidine rings is 1. The summed E-state index contributed by atoms with van der Waals surface area (Å²) < 4.78 is 0. The Labute approximate surface area is 167 Å². The molecule has 2 aromatic rings. The third-order valence-corrected chi connectivity index (χ3v) is 5.39. The minimum Gasteiger partial charge on any atom is -0.326 e. The van der Waals surface area contributed by atoms with Crippen molar-refractivity contribution in [3.63, 3.8) is 0 Å². The summed E-state index contributed by atoms with van der Waals surface area (Å²) in [6.07, 6.45) is 3.35. The zero-order valence-corrected chi connectivity index (χ0v) is 16.7. The molecule has 148 valence electrons. The molecule has 1 unspecified atom stereocenters. The first kappa shape index (κ1) is 20.1. The highest BCUT2D eigenvalue weighted by Gasteiger charge is 2.26. The van der Waals surface area contributed by atoms with Gasteiger partial charge in [0.2, 0.25) is 11.8 Å². The van der Waals surface area contributed by atoms with Crippen LogP contribution < -0.4 is 10.6 Å². The fourth-order valence-electron chi connectivity index (χ4n) is 3.78. The fourth-order valence-corrected chi connectivity index (χ4v) is 3.78.